The Kier molecular flexibility index (Phi) is 7.10. The van der Waals surface area contributed by atoms with Crippen molar-refractivity contribution >= 4 is 5.96 Å². The maximum Gasteiger partial charge on any atom is 0.191 e. The SMILES string of the molecule is CN=C(NCC(C)c1cccc(C)c1)NC1CCN(C(C)C)CC1. The van der Waals surface area contributed by atoms with Gasteiger partial charge in [0.2, 0.25) is 0 Å². The van der Waals surface area contributed by atoms with E-state index in [1.165, 1.54) is 37.1 Å². The molecule has 134 valence electrons. The second-order valence-corrected chi connectivity index (χ2v) is 7.32. The summed E-state index contributed by atoms with van der Waals surface area (Å²) in [5.41, 5.74) is 2.70. The molecule has 1 heterocycles. The van der Waals surface area contributed by atoms with E-state index in [1.54, 1.807) is 0 Å². The molecule has 24 heavy (non-hydrogen) atoms. The van der Waals surface area contributed by atoms with Gasteiger partial charge < -0.3 is 15.5 Å². The average Bonchev–Trinajstić information content (AvgIpc) is 2.58. The number of benzene rings is 1. The van der Waals surface area contributed by atoms with Gasteiger partial charge in [-0.05, 0) is 45.1 Å². The zero-order valence-electron chi connectivity index (χ0n) is 16.0. The third-order valence-electron chi connectivity index (χ3n) is 5.01. The second-order valence-electron chi connectivity index (χ2n) is 7.32. The van der Waals surface area contributed by atoms with Crippen molar-refractivity contribution in [3.05, 3.63) is 35.4 Å². The van der Waals surface area contributed by atoms with Crippen LogP contribution in [-0.2, 0) is 0 Å². The summed E-state index contributed by atoms with van der Waals surface area (Å²) in [6.45, 7) is 12.2. The molecule has 2 rings (SSSR count). The lowest BCUT2D eigenvalue weighted by atomic mass is 9.99. The van der Waals surface area contributed by atoms with Crippen molar-refractivity contribution in [3.63, 3.8) is 0 Å². The fraction of sp³-hybridized carbons (Fsp3) is 0.650. The first-order chi connectivity index (χ1) is 11.5. The predicted octanol–water partition coefficient (Wildman–Crippen LogP) is 3.14. The summed E-state index contributed by atoms with van der Waals surface area (Å²) in [6, 6.07) is 9.94. The number of hydrogen-bond acceptors (Lipinski definition) is 2. The summed E-state index contributed by atoms with van der Waals surface area (Å²) in [7, 11) is 1.86. The molecular formula is C20H34N4. The van der Waals surface area contributed by atoms with Gasteiger partial charge in [-0.2, -0.15) is 0 Å². The van der Waals surface area contributed by atoms with Gasteiger partial charge in [-0.25, -0.2) is 0 Å². The van der Waals surface area contributed by atoms with Crippen LogP contribution >= 0.6 is 0 Å². The summed E-state index contributed by atoms with van der Waals surface area (Å²) in [5.74, 6) is 1.39. The van der Waals surface area contributed by atoms with Crippen molar-refractivity contribution in [2.24, 2.45) is 4.99 Å². The molecule has 0 aromatic heterocycles. The van der Waals surface area contributed by atoms with Gasteiger partial charge in [0, 0.05) is 38.8 Å². The van der Waals surface area contributed by atoms with Crippen LogP contribution in [0.5, 0.6) is 0 Å². The first kappa shape index (κ1) is 18.8. The molecule has 0 aliphatic carbocycles. The standard InChI is InChI=1S/C20H34N4/c1-15(2)24-11-9-19(10-12-24)23-20(21-5)22-14-17(4)18-8-6-7-16(3)13-18/h6-8,13,15,17,19H,9-12,14H2,1-5H3,(H2,21,22,23). The molecule has 1 aliphatic heterocycles. The van der Waals surface area contributed by atoms with E-state index in [0.717, 1.165) is 12.5 Å². The number of nitrogens with one attached hydrogen (secondary N) is 2. The zero-order chi connectivity index (χ0) is 17.5. The lowest BCUT2D eigenvalue weighted by Gasteiger charge is -2.35. The van der Waals surface area contributed by atoms with Gasteiger partial charge in [-0.15, -0.1) is 0 Å². The Hall–Kier alpha value is -1.55. The number of likely N-dealkylation sites (tertiary alicyclic amines) is 1. The van der Waals surface area contributed by atoms with Crippen molar-refractivity contribution in [2.75, 3.05) is 26.7 Å². The summed E-state index contributed by atoms with van der Waals surface area (Å²) in [4.78, 5) is 6.95. The Labute approximate surface area is 147 Å². The highest BCUT2D eigenvalue weighted by Gasteiger charge is 2.21. The molecule has 0 spiro atoms. The molecule has 1 fully saturated rings. The Morgan fingerprint density at radius 2 is 1.96 bits per heavy atom. The molecule has 1 saturated heterocycles. The number of piperidine rings is 1. The van der Waals surface area contributed by atoms with Crippen LogP contribution in [0.1, 0.15) is 50.7 Å². The Morgan fingerprint density at radius 1 is 1.25 bits per heavy atom. The first-order valence-electron chi connectivity index (χ1n) is 9.27. The molecular weight excluding hydrogens is 296 g/mol. The van der Waals surface area contributed by atoms with Gasteiger partial charge >= 0.3 is 0 Å². The van der Waals surface area contributed by atoms with Crippen LogP contribution in [0.3, 0.4) is 0 Å². The van der Waals surface area contributed by atoms with E-state index in [1.807, 2.05) is 7.05 Å². The fourth-order valence-corrected chi connectivity index (χ4v) is 3.29. The van der Waals surface area contributed by atoms with Gasteiger partial charge in [-0.1, -0.05) is 36.8 Å². The quantitative estimate of drug-likeness (QED) is 0.643. The highest BCUT2D eigenvalue weighted by atomic mass is 15.2. The van der Waals surface area contributed by atoms with Crippen molar-refractivity contribution in [1.82, 2.24) is 15.5 Å². The summed E-state index contributed by atoms with van der Waals surface area (Å²) < 4.78 is 0. The second kappa shape index (κ2) is 9.07. The minimum Gasteiger partial charge on any atom is -0.356 e. The van der Waals surface area contributed by atoms with E-state index in [-0.39, 0.29) is 0 Å². The highest BCUT2D eigenvalue weighted by molar-refractivity contribution is 5.80. The van der Waals surface area contributed by atoms with E-state index >= 15 is 0 Å². The Morgan fingerprint density at radius 3 is 2.54 bits per heavy atom. The molecule has 4 heteroatoms. The lowest BCUT2D eigenvalue weighted by Crippen LogP contribution is -2.50. The average molecular weight is 331 g/mol. The van der Waals surface area contributed by atoms with Crippen LogP contribution in [0.15, 0.2) is 29.3 Å². The zero-order valence-corrected chi connectivity index (χ0v) is 16.0. The molecule has 1 atom stereocenters. The van der Waals surface area contributed by atoms with Crippen LogP contribution in [0.4, 0.5) is 0 Å². The van der Waals surface area contributed by atoms with E-state index in [4.69, 9.17) is 0 Å². The topological polar surface area (TPSA) is 39.7 Å². The molecule has 1 aliphatic rings. The van der Waals surface area contributed by atoms with E-state index in [0.29, 0.717) is 18.0 Å². The van der Waals surface area contributed by atoms with Gasteiger partial charge in [-0.3, -0.25) is 4.99 Å². The maximum absolute atomic E-state index is 4.40. The van der Waals surface area contributed by atoms with Crippen molar-refractivity contribution in [1.29, 1.82) is 0 Å². The molecule has 0 saturated carbocycles. The molecule has 1 aromatic carbocycles. The molecule has 1 unspecified atom stereocenters. The van der Waals surface area contributed by atoms with Gasteiger partial charge in [0.15, 0.2) is 5.96 Å². The first-order valence-corrected chi connectivity index (χ1v) is 9.27. The number of aliphatic imine (C=N–C) groups is 1. The Balaban J connectivity index is 1.79. The molecule has 1 aromatic rings. The van der Waals surface area contributed by atoms with Gasteiger partial charge in [0.05, 0.1) is 0 Å². The summed E-state index contributed by atoms with van der Waals surface area (Å²) in [6.07, 6.45) is 2.37. The maximum atomic E-state index is 4.40. The highest BCUT2D eigenvalue weighted by Crippen LogP contribution is 2.16. The normalized spacial score (nSPS) is 18.7. The van der Waals surface area contributed by atoms with Crippen molar-refractivity contribution < 1.29 is 0 Å². The smallest absolute Gasteiger partial charge is 0.191 e. The molecule has 0 radical (unpaired) electrons. The van der Waals surface area contributed by atoms with Crippen LogP contribution < -0.4 is 10.6 Å². The monoisotopic (exact) mass is 330 g/mol. The minimum atomic E-state index is 0.464. The van der Waals surface area contributed by atoms with E-state index < -0.39 is 0 Å². The molecule has 0 bridgehead atoms. The van der Waals surface area contributed by atoms with Gasteiger partial charge in [0.25, 0.3) is 0 Å². The summed E-state index contributed by atoms with van der Waals surface area (Å²) >= 11 is 0. The third kappa shape index (κ3) is 5.52. The summed E-state index contributed by atoms with van der Waals surface area (Å²) in [5, 5.41) is 7.09. The van der Waals surface area contributed by atoms with Crippen LogP contribution in [-0.4, -0.2) is 49.6 Å². The molecule has 0 amide bonds. The van der Waals surface area contributed by atoms with E-state index in [9.17, 15) is 0 Å². The van der Waals surface area contributed by atoms with Crippen molar-refractivity contribution in [3.8, 4) is 0 Å². The fourth-order valence-electron chi connectivity index (χ4n) is 3.29. The number of hydrogen-bond donors (Lipinski definition) is 2. The number of guanidine groups is 1. The molecule has 2 N–H and O–H groups in total. The molecule has 4 nitrogen and oxygen atoms in total. The van der Waals surface area contributed by atoms with Crippen LogP contribution in [0.2, 0.25) is 0 Å². The van der Waals surface area contributed by atoms with Crippen LogP contribution in [0, 0.1) is 6.92 Å². The van der Waals surface area contributed by atoms with E-state index in [2.05, 4.69) is 72.5 Å². The van der Waals surface area contributed by atoms with Crippen LogP contribution in [0.25, 0.3) is 0 Å². The number of rotatable bonds is 5. The minimum absolute atomic E-state index is 0.464. The third-order valence-corrected chi connectivity index (χ3v) is 5.01. The number of nitrogens with zero attached hydrogens (tertiary/aromatic N) is 2. The Bertz CT molecular complexity index is 530. The lowest BCUT2D eigenvalue weighted by molar-refractivity contribution is 0.167. The number of aryl methyl sites for hydroxylation is 1. The van der Waals surface area contributed by atoms with Crippen molar-refractivity contribution in [2.45, 2.75) is 58.5 Å². The predicted molar refractivity (Wildman–Crippen MR) is 104 cm³/mol. The van der Waals surface area contributed by atoms with Gasteiger partial charge in [0.1, 0.15) is 0 Å². The largest absolute Gasteiger partial charge is 0.356 e.